The minimum Gasteiger partial charge on any atom is -0.496 e. The summed E-state index contributed by atoms with van der Waals surface area (Å²) in [5.41, 5.74) is 0.462. The molecule has 2 N–H and O–H groups in total. The standard InChI is InChI=1S/C14H21NO4S2/c1-19-13-5-4-12(8-11(13)9-16)21(17,18)15-10-14(20-2)6-3-7-14/h4-5,8,15-16H,3,6-7,9-10H2,1-2H3. The molecule has 0 unspecified atom stereocenters. The molecule has 1 saturated carbocycles. The molecule has 5 nitrogen and oxygen atoms in total. The molecule has 0 spiro atoms. The van der Waals surface area contributed by atoms with Crippen molar-refractivity contribution in [2.45, 2.75) is 35.5 Å². The number of sulfonamides is 1. The van der Waals surface area contributed by atoms with Crippen molar-refractivity contribution in [3.8, 4) is 5.75 Å². The van der Waals surface area contributed by atoms with Crippen LogP contribution in [0.25, 0.3) is 0 Å². The van der Waals surface area contributed by atoms with Gasteiger partial charge in [0.25, 0.3) is 0 Å². The van der Waals surface area contributed by atoms with E-state index in [9.17, 15) is 13.5 Å². The van der Waals surface area contributed by atoms with Crippen molar-refractivity contribution < 1.29 is 18.3 Å². The molecular weight excluding hydrogens is 310 g/mol. The summed E-state index contributed by atoms with van der Waals surface area (Å²) in [6, 6.07) is 4.51. The third-order valence-corrected chi connectivity index (χ3v) is 6.83. The lowest BCUT2D eigenvalue weighted by atomic mass is 9.84. The van der Waals surface area contributed by atoms with Gasteiger partial charge in [0.05, 0.1) is 18.6 Å². The first-order valence-electron chi connectivity index (χ1n) is 6.79. The van der Waals surface area contributed by atoms with E-state index in [1.165, 1.54) is 19.2 Å². The number of hydrogen-bond acceptors (Lipinski definition) is 5. The largest absolute Gasteiger partial charge is 0.496 e. The maximum Gasteiger partial charge on any atom is 0.240 e. The predicted molar refractivity (Wildman–Crippen MR) is 84.2 cm³/mol. The van der Waals surface area contributed by atoms with Gasteiger partial charge in [-0.05, 0) is 37.3 Å². The predicted octanol–water partition coefficient (Wildman–Crippen LogP) is 1.75. The third-order valence-electron chi connectivity index (χ3n) is 4.01. The molecule has 1 aromatic rings. The Labute approximate surface area is 130 Å². The lowest BCUT2D eigenvalue weighted by Crippen LogP contribution is -2.45. The third kappa shape index (κ3) is 3.53. The fraction of sp³-hybridized carbons (Fsp3) is 0.571. The molecule has 7 heteroatoms. The molecule has 1 aliphatic carbocycles. The smallest absolute Gasteiger partial charge is 0.240 e. The van der Waals surface area contributed by atoms with Gasteiger partial charge in [0.1, 0.15) is 5.75 Å². The molecular formula is C14H21NO4S2. The minimum absolute atomic E-state index is 0.0410. The van der Waals surface area contributed by atoms with Crippen LogP contribution in [0.2, 0.25) is 0 Å². The average molecular weight is 331 g/mol. The Morgan fingerprint density at radius 2 is 2.14 bits per heavy atom. The Balaban J connectivity index is 2.15. The highest BCUT2D eigenvalue weighted by Gasteiger charge is 2.37. The average Bonchev–Trinajstić information content (AvgIpc) is 2.45. The van der Waals surface area contributed by atoms with Crippen LogP contribution in [0.3, 0.4) is 0 Å². The first kappa shape index (κ1) is 16.6. The number of aliphatic hydroxyl groups is 1. The van der Waals surface area contributed by atoms with Crippen molar-refractivity contribution in [1.29, 1.82) is 0 Å². The lowest BCUT2D eigenvalue weighted by Gasteiger charge is -2.40. The molecule has 1 fully saturated rings. The highest BCUT2D eigenvalue weighted by atomic mass is 32.2. The lowest BCUT2D eigenvalue weighted by molar-refractivity contribution is 0.273. The first-order valence-corrected chi connectivity index (χ1v) is 9.50. The quantitative estimate of drug-likeness (QED) is 0.796. The molecule has 118 valence electrons. The van der Waals surface area contributed by atoms with Crippen molar-refractivity contribution in [1.82, 2.24) is 4.72 Å². The normalized spacial score (nSPS) is 17.3. The van der Waals surface area contributed by atoms with Crippen molar-refractivity contribution >= 4 is 21.8 Å². The first-order chi connectivity index (χ1) is 9.96. The Hall–Kier alpha value is -0.760. The number of ether oxygens (including phenoxy) is 1. The van der Waals surface area contributed by atoms with E-state index in [4.69, 9.17) is 4.74 Å². The topological polar surface area (TPSA) is 75.6 Å². The summed E-state index contributed by atoms with van der Waals surface area (Å²) in [5.74, 6) is 0.482. The molecule has 0 aromatic heterocycles. The zero-order valence-electron chi connectivity index (χ0n) is 12.3. The van der Waals surface area contributed by atoms with E-state index >= 15 is 0 Å². The molecule has 0 aliphatic heterocycles. The van der Waals surface area contributed by atoms with E-state index in [0.717, 1.165) is 19.3 Å². The molecule has 1 aromatic carbocycles. The number of hydrogen-bond donors (Lipinski definition) is 2. The minimum atomic E-state index is -3.57. The second kappa shape index (κ2) is 6.56. The Morgan fingerprint density at radius 1 is 1.43 bits per heavy atom. The van der Waals surface area contributed by atoms with Gasteiger partial charge in [0.2, 0.25) is 10.0 Å². The van der Waals surface area contributed by atoms with Crippen LogP contribution in [0.5, 0.6) is 5.75 Å². The Morgan fingerprint density at radius 3 is 2.62 bits per heavy atom. The fourth-order valence-corrected chi connectivity index (χ4v) is 4.56. The molecule has 21 heavy (non-hydrogen) atoms. The van der Waals surface area contributed by atoms with E-state index in [2.05, 4.69) is 4.72 Å². The molecule has 0 bridgehead atoms. The van der Waals surface area contributed by atoms with E-state index < -0.39 is 10.0 Å². The van der Waals surface area contributed by atoms with Crippen LogP contribution in [0.15, 0.2) is 23.1 Å². The van der Waals surface area contributed by atoms with Gasteiger partial charge in [0.15, 0.2) is 0 Å². The number of methoxy groups -OCH3 is 1. The highest BCUT2D eigenvalue weighted by molar-refractivity contribution is 8.00. The molecule has 1 aliphatic rings. The second-order valence-corrected chi connectivity index (χ2v) is 8.24. The molecule has 0 radical (unpaired) electrons. The molecule has 0 amide bonds. The summed E-state index contributed by atoms with van der Waals surface area (Å²) >= 11 is 1.72. The van der Waals surface area contributed by atoms with Gasteiger partial charge in [0, 0.05) is 16.9 Å². The van der Waals surface area contributed by atoms with Crippen molar-refractivity contribution in [2.75, 3.05) is 19.9 Å². The van der Waals surface area contributed by atoms with Crippen LogP contribution in [0, 0.1) is 0 Å². The van der Waals surface area contributed by atoms with E-state index in [1.54, 1.807) is 17.8 Å². The number of benzene rings is 1. The van der Waals surface area contributed by atoms with Crippen LogP contribution in [-0.2, 0) is 16.6 Å². The zero-order chi connectivity index (χ0) is 15.5. The van der Waals surface area contributed by atoms with E-state index in [0.29, 0.717) is 17.9 Å². The van der Waals surface area contributed by atoms with Crippen LogP contribution in [0.1, 0.15) is 24.8 Å². The zero-order valence-corrected chi connectivity index (χ0v) is 13.9. The number of nitrogens with one attached hydrogen (secondary N) is 1. The summed E-state index contributed by atoms with van der Waals surface area (Å²) in [6.07, 6.45) is 5.26. The second-order valence-electron chi connectivity index (χ2n) is 5.20. The van der Waals surface area contributed by atoms with Gasteiger partial charge < -0.3 is 9.84 Å². The monoisotopic (exact) mass is 331 g/mol. The fourth-order valence-electron chi connectivity index (χ4n) is 2.38. The SMILES string of the molecule is COc1ccc(S(=O)(=O)NCC2(SC)CCC2)cc1CO. The van der Waals surface area contributed by atoms with Crippen molar-refractivity contribution in [2.24, 2.45) is 0 Å². The number of aliphatic hydroxyl groups excluding tert-OH is 1. The Bertz CT molecular complexity index is 591. The summed E-state index contributed by atoms with van der Waals surface area (Å²) in [7, 11) is -2.08. The summed E-state index contributed by atoms with van der Waals surface area (Å²) in [6.45, 7) is 0.179. The summed E-state index contributed by atoms with van der Waals surface area (Å²) in [5, 5.41) is 9.29. The molecule has 0 heterocycles. The number of thioether (sulfide) groups is 1. The molecule has 0 saturated heterocycles. The molecule has 0 atom stereocenters. The van der Waals surface area contributed by atoms with E-state index in [-0.39, 0.29) is 16.2 Å². The van der Waals surface area contributed by atoms with Gasteiger partial charge in [-0.15, -0.1) is 0 Å². The maximum atomic E-state index is 12.4. The van der Waals surface area contributed by atoms with Gasteiger partial charge in [-0.3, -0.25) is 0 Å². The van der Waals surface area contributed by atoms with Crippen LogP contribution >= 0.6 is 11.8 Å². The van der Waals surface area contributed by atoms with Gasteiger partial charge >= 0.3 is 0 Å². The summed E-state index contributed by atoms with van der Waals surface area (Å²) < 4.78 is 32.5. The van der Waals surface area contributed by atoms with E-state index in [1.807, 2.05) is 6.26 Å². The molecule has 2 rings (SSSR count). The van der Waals surface area contributed by atoms with Gasteiger partial charge in [-0.2, -0.15) is 11.8 Å². The van der Waals surface area contributed by atoms with Crippen LogP contribution in [-0.4, -0.2) is 38.2 Å². The van der Waals surface area contributed by atoms with Gasteiger partial charge in [-0.25, -0.2) is 13.1 Å². The number of rotatable bonds is 7. The van der Waals surface area contributed by atoms with Crippen LogP contribution < -0.4 is 9.46 Å². The van der Waals surface area contributed by atoms with Gasteiger partial charge in [-0.1, -0.05) is 6.42 Å². The van der Waals surface area contributed by atoms with Crippen molar-refractivity contribution in [3.05, 3.63) is 23.8 Å². The summed E-state index contributed by atoms with van der Waals surface area (Å²) in [4.78, 5) is 0.155. The van der Waals surface area contributed by atoms with Crippen molar-refractivity contribution in [3.63, 3.8) is 0 Å². The maximum absolute atomic E-state index is 12.4. The Kier molecular flexibility index (Phi) is 5.19. The van der Waals surface area contributed by atoms with Crippen LogP contribution in [0.4, 0.5) is 0 Å². The highest BCUT2D eigenvalue weighted by Crippen LogP contribution is 2.42.